The summed E-state index contributed by atoms with van der Waals surface area (Å²) in [5, 5.41) is 2.54. The number of nitrogens with zero attached hydrogens (tertiary/aromatic N) is 3. The van der Waals surface area contributed by atoms with Crippen LogP contribution in [0.1, 0.15) is 29.7 Å². The van der Waals surface area contributed by atoms with Crippen LogP contribution in [-0.4, -0.2) is 49.5 Å². The molecule has 0 spiro atoms. The summed E-state index contributed by atoms with van der Waals surface area (Å²) >= 11 is 1.41. The quantitative estimate of drug-likeness (QED) is 0.711. The van der Waals surface area contributed by atoms with Crippen LogP contribution < -0.4 is 14.4 Å². The first-order valence-corrected chi connectivity index (χ1v) is 10.0. The first-order valence-electron chi connectivity index (χ1n) is 9.13. The van der Waals surface area contributed by atoms with Gasteiger partial charge >= 0.3 is 0 Å². The summed E-state index contributed by atoms with van der Waals surface area (Å²) in [6, 6.07) is 3.81. The molecule has 8 heteroatoms. The first-order chi connectivity index (χ1) is 13.4. The highest BCUT2D eigenvalue weighted by molar-refractivity contribution is 7.14. The highest BCUT2D eigenvalue weighted by atomic mass is 32.1. The molecular formula is C20H25N3O4S. The highest BCUT2D eigenvalue weighted by Gasteiger charge is 2.24. The van der Waals surface area contributed by atoms with Gasteiger partial charge in [-0.15, -0.1) is 11.3 Å². The maximum absolute atomic E-state index is 12.7. The molecule has 0 atom stereocenters. The number of benzene rings is 1. The standard InChI is InChI=1S/C20H25N3O4S/c1-13-8-16(26-3)17(27-4)9-14(13)11-22(2)19(25)10-15-12-28-20(21-15)23-7-5-6-18(23)24/h8-9,12H,5-7,10-11H2,1-4H3. The second-order valence-corrected chi connectivity index (χ2v) is 7.67. The van der Waals surface area contributed by atoms with Crippen molar-refractivity contribution in [2.75, 3.05) is 32.7 Å². The van der Waals surface area contributed by atoms with Crippen LogP contribution in [0.5, 0.6) is 11.5 Å². The van der Waals surface area contributed by atoms with Crippen molar-refractivity contribution in [3.63, 3.8) is 0 Å². The van der Waals surface area contributed by atoms with Gasteiger partial charge in [0.15, 0.2) is 16.6 Å². The van der Waals surface area contributed by atoms with Crippen molar-refractivity contribution in [2.24, 2.45) is 0 Å². The fourth-order valence-electron chi connectivity index (χ4n) is 3.18. The van der Waals surface area contributed by atoms with Crippen LogP contribution in [0.4, 0.5) is 5.13 Å². The van der Waals surface area contributed by atoms with Crippen molar-refractivity contribution in [3.8, 4) is 11.5 Å². The van der Waals surface area contributed by atoms with Gasteiger partial charge in [0.2, 0.25) is 11.8 Å². The van der Waals surface area contributed by atoms with Crippen molar-refractivity contribution in [2.45, 2.75) is 32.7 Å². The number of carbonyl (C=O) groups is 2. The molecule has 28 heavy (non-hydrogen) atoms. The number of methoxy groups -OCH3 is 2. The number of aryl methyl sites for hydroxylation is 1. The molecule has 0 unspecified atom stereocenters. The summed E-state index contributed by atoms with van der Waals surface area (Å²) in [4.78, 5) is 32.4. The van der Waals surface area contributed by atoms with Gasteiger partial charge in [-0.3, -0.25) is 14.5 Å². The van der Waals surface area contributed by atoms with Crippen LogP contribution in [0, 0.1) is 6.92 Å². The molecule has 2 aromatic rings. The van der Waals surface area contributed by atoms with Gasteiger partial charge in [0.1, 0.15) is 0 Å². The lowest BCUT2D eigenvalue weighted by atomic mass is 10.1. The summed E-state index contributed by atoms with van der Waals surface area (Å²) in [6.45, 7) is 3.15. The Bertz CT molecular complexity index is 880. The zero-order chi connectivity index (χ0) is 20.3. The molecule has 2 heterocycles. The molecule has 1 aromatic carbocycles. The number of hydrogen-bond acceptors (Lipinski definition) is 6. The maximum atomic E-state index is 12.7. The van der Waals surface area contributed by atoms with Crippen LogP contribution in [0.15, 0.2) is 17.5 Å². The number of hydrogen-bond donors (Lipinski definition) is 0. The summed E-state index contributed by atoms with van der Waals surface area (Å²) < 4.78 is 10.7. The van der Waals surface area contributed by atoms with E-state index >= 15 is 0 Å². The number of carbonyl (C=O) groups excluding carboxylic acids is 2. The third-order valence-corrected chi connectivity index (χ3v) is 5.76. The second-order valence-electron chi connectivity index (χ2n) is 6.83. The van der Waals surface area contributed by atoms with E-state index in [1.165, 1.54) is 11.3 Å². The largest absolute Gasteiger partial charge is 0.493 e. The van der Waals surface area contributed by atoms with Crippen molar-refractivity contribution in [1.82, 2.24) is 9.88 Å². The van der Waals surface area contributed by atoms with Crippen LogP contribution in [-0.2, 0) is 22.6 Å². The van der Waals surface area contributed by atoms with Crippen molar-refractivity contribution in [1.29, 1.82) is 0 Å². The highest BCUT2D eigenvalue weighted by Crippen LogP contribution is 2.31. The van der Waals surface area contributed by atoms with Gasteiger partial charge in [-0.25, -0.2) is 4.98 Å². The average molecular weight is 404 g/mol. The Kier molecular flexibility index (Phi) is 6.18. The van der Waals surface area contributed by atoms with Crippen molar-refractivity contribution < 1.29 is 19.1 Å². The molecule has 1 aromatic heterocycles. The number of thiazole rings is 1. The molecule has 1 aliphatic rings. The minimum atomic E-state index is -0.0289. The average Bonchev–Trinajstić information content (AvgIpc) is 3.31. The number of likely N-dealkylation sites (N-methyl/N-ethyl adjacent to an activating group) is 1. The molecule has 0 bridgehead atoms. The van der Waals surface area contributed by atoms with Gasteiger partial charge in [0.05, 0.1) is 26.3 Å². The van der Waals surface area contributed by atoms with Gasteiger partial charge in [-0.1, -0.05) is 0 Å². The van der Waals surface area contributed by atoms with Crippen LogP contribution in [0.2, 0.25) is 0 Å². The van der Waals surface area contributed by atoms with E-state index in [9.17, 15) is 9.59 Å². The lowest BCUT2D eigenvalue weighted by Gasteiger charge is -2.19. The molecule has 1 fully saturated rings. The van der Waals surface area contributed by atoms with E-state index < -0.39 is 0 Å². The molecule has 150 valence electrons. The van der Waals surface area contributed by atoms with E-state index in [1.54, 1.807) is 31.1 Å². The molecule has 1 saturated heterocycles. The van der Waals surface area contributed by atoms with E-state index in [-0.39, 0.29) is 18.2 Å². The minimum absolute atomic E-state index is 0.0289. The van der Waals surface area contributed by atoms with Crippen LogP contribution >= 0.6 is 11.3 Å². The number of aromatic nitrogens is 1. The van der Waals surface area contributed by atoms with Gasteiger partial charge in [-0.2, -0.15) is 0 Å². The maximum Gasteiger partial charge on any atom is 0.228 e. The Balaban J connectivity index is 1.65. The number of anilines is 1. The third kappa shape index (κ3) is 4.27. The fraction of sp³-hybridized carbons (Fsp3) is 0.450. The predicted octanol–water partition coefficient (Wildman–Crippen LogP) is 2.80. The van der Waals surface area contributed by atoms with E-state index in [0.29, 0.717) is 41.8 Å². The van der Waals surface area contributed by atoms with Crippen LogP contribution in [0.25, 0.3) is 0 Å². The van der Waals surface area contributed by atoms with Crippen molar-refractivity contribution >= 4 is 28.3 Å². The summed E-state index contributed by atoms with van der Waals surface area (Å²) in [5.41, 5.74) is 2.72. The van der Waals surface area contributed by atoms with E-state index in [2.05, 4.69) is 4.98 Å². The minimum Gasteiger partial charge on any atom is -0.493 e. The van der Waals surface area contributed by atoms with Gasteiger partial charge in [0, 0.05) is 31.9 Å². The van der Waals surface area contributed by atoms with Crippen LogP contribution in [0.3, 0.4) is 0 Å². The normalized spacial score (nSPS) is 13.7. The molecular weight excluding hydrogens is 378 g/mol. The second kappa shape index (κ2) is 8.60. The molecule has 3 rings (SSSR count). The zero-order valence-corrected chi connectivity index (χ0v) is 17.5. The summed E-state index contributed by atoms with van der Waals surface area (Å²) in [6.07, 6.45) is 1.64. The molecule has 0 saturated carbocycles. The summed E-state index contributed by atoms with van der Waals surface area (Å²) in [7, 11) is 4.97. The molecule has 0 aliphatic carbocycles. The SMILES string of the molecule is COc1cc(C)c(CN(C)C(=O)Cc2csc(N3CCCC3=O)n2)cc1OC. The van der Waals surface area contributed by atoms with E-state index in [0.717, 1.165) is 17.5 Å². The molecule has 0 N–H and O–H groups in total. The van der Waals surface area contributed by atoms with Gasteiger partial charge in [-0.05, 0) is 36.6 Å². The van der Waals surface area contributed by atoms with Crippen molar-refractivity contribution in [3.05, 3.63) is 34.3 Å². The first kappa shape index (κ1) is 20.1. The Labute approximate surface area is 168 Å². The van der Waals surface area contributed by atoms with Gasteiger partial charge in [0.25, 0.3) is 0 Å². The Morgan fingerprint density at radius 1 is 1.29 bits per heavy atom. The number of amides is 2. The number of rotatable bonds is 7. The fourth-order valence-corrected chi connectivity index (χ4v) is 4.05. The third-order valence-electron chi connectivity index (χ3n) is 4.85. The monoisotopic (exact) mass is 403 g/mol. The lowest BCUT2D eigenvalue weighted by molar-refractivity contribution is -0.129. The zero-order valence-electron chi connectivity index (χ0n) is 16.7. The number of ether oxygens (including phenoxy) is 2. The lowest BCUT2D eigenvalue weighted by Crippen LogP contribution is -2.28. The molecule has 2 amide bonds. The van der Waals surface area contributed by atoms with E-state index in [1.807, 2.05) is 24.4 Å². The predicted molar refractivity (Wildman–Crippen MR) is 108 cm³/mol. The Morgan fingerprint density at radius 2 is 2.00 bits per heavy atom. The Hall–Kier alpha value is -2.61. The molecule has 7 nitrogen and oxygen atoms in total. The molecule has 0 radical (unpaired) electrons. The van der Waals surface area contributed by atoms with Gasteiger partial charge < -0.3 is 14.4 Å². The topological polar surface area (TPSA) is 72.0 Å². The smallest absolute Gasteiger partial charge is 0.228 e. The molecule has 1 aliphatic heterocycles. The van der Waals surface area contributed by atoms with E-state index in [4.69, 9.17) is 9.47 Å². The summed E-state index contributed by atoms with van der Waals surface area (Å²) in [5.74, 6) is 1.39. The Morgan fingerprint density at radius 3 is 2.64 bits per heavy atom.